The molecule has 220 valence electrons. The normalized spacial score (nSPS) is 11.4. The summed E-state index contributed by atoms with van der Waals surface area (Å²) in [6, 6.07) is 26.7. The van der Waals surface area contributed by atoms with Crippen molar-refractivity contribution in [3.8, 4) is 39.9 Å². The molecule has 0 N–H and O–H groups in total. The summed E-state index contributed by atoms with van der Waals surface area (Å²) in [4.78, 5) is 9.18. The minimum atomic E-state index is -0.0420. The molecule has 0 saturated heterocycles. The zero-order valence-electron chi connectivity index (χ0n) is 25.3. The first-order chi connectivity index (χ1) is 20.1. The number of aromatic nitrogens is 5. The van der Waals surface area contributed by atoms with E-state index >= 15 is 0 Å². The van der Waals surface area contributed by atoms with Crippen LogP contribution in [0.4, 0.5) is 0 Å². The Bertz CT molecular complexity index is 1920. The molecule has 0 aliphatic carbocycles. The summed E-state index contributed by atoms with van der Waals surface area (Å²) in [7, 11) is 0. The predicted octanol–water partition coefficient (Wildman–Crippen LogP) is 8.30. The molecule has 0 unspecified atom stereocenters. The minimum Gasteiger partial charge on any atom is -0.508 e. The van der Waals surface area contributed by atoms with Gasteiger partial charge >= 0.3 is 21.1 Å². The third kappa shape index (κ3) is 6.00. The van der Waals surface area contributed by atoms with Crippen LogP contribution in [0.25, 0.3) is 22.5 Å². The van der Waals surface area contributed by atoms with Crippen molar-refractivity contribution in [3.05, 3.63) is 114 Å². The molecule has 4 heterocycles. The zero-order chi connectivity index (χ0) is 29.6. The molecule has 0 fully saturated rings. The summed E-state index contributed by atoms with van der Waals surface area (Å²) < 4.78 is 16.5. The summed E-state index contributed by atoms with van der Waals surface area (Å²) >= 11 is 0. The smallest absolute Gasteiger partial charge is 0.508 e. The van der Waals surface area contributed by atoms with Crippen LogP contribution in [0.5, 0.6) is 23.1 Å². The van der Waals surface area contributed by atoms with Crippen LogP contribution < -0.4 is 9.47 Å². The largest absolute Gasteiger partial charge is 2.00 e. The quantitative estimate of drug-likeness (QED) is 0.160. The van der Waals surface area contributed by atoms with Crippen LogP contribution in [-0.2, 0) is 26.5 Å². The number of nitrogens with zero attached hydrogens (tertiary/aromatic N) is 5. The van der Waals surface area contributed by atoms with Gasteiger partial charge in [0.25, 0.3) is 0 Å². The molecule has 0 aliphatic rings. The Balaban J connectivity index is 0.00000368. The van der Waals surface area contributed by atoms with Crippen molar-refractivity contribution in [2.24, 2.45) is 0 Å². The molecule has 0 atom stereocenters. The van der Waals surface area contributed by atoms with E-state index in [0.717, 1.165) is 45.2 Å². The van der Waals surface area contributed by atoms with Gasteiger partial charge < -0.3 is 13.9 Å². The van der Waals surface area contributed by atoms with E-state index in [4.69, 9.17) is 19.6 Å². The predicted molar refractivity (Wildman–Crippen MR) is 164 cm³/mol. The van der Waals surface area contributed by atoms with Gasteiger partial charge in [-0.15, -0.1) is 18.2 Å². The van der Waals surface area contributed by atoms with Crippen molar-refractivity contribution in [3.63, 3.8) is 0 Å². The van der Waals surface area contributed by atoms with Gasteiger partial charge in [0.05, 0.1) is 17.1 Å². The van der Waals surface area contributed by atoms with Crippen molar-refractivity contribution in [1.29, 1.82) is 0 Å². The van der Waals surface area contributed by atoms with Gasteiger partial charge in [-0.05, 0) is 56.0 Å². The molecule has 7 nitrogen and oxygen atoms in total. The first kappa shape index (κ1) is 30.2. The number of pyridine rings is 2. The Morgan fingerprint density at radius 1 is 0.791 bits per heavy atom. The van der Waals surface area contributed by atoms with E-state index < -0.39 is 0 Å². The van der Waals surface area contributed by atoms with Gasteiger partial charge in [0.15, 0.2) is 0 Å². The van der Waals surface area contributed by atoms with Crippen LogP contribution in [0.15, 0.2) is 73.1 Å². The number of hydrogen-bond donors (Lipinski definition) is 0. The average molecular weight is 751 g/mol. The van der Waals surface area contributed by atoms with Crippen molar-refractivity contribution in [2.45, 2.75) is 53.9 Å². The fraction of sp³-hybridized carbons (Fsp3) is 0.229. The molecule has 2 aromatic carbocycles. The molecule has 43 heavy (non-hydrogen) atoms. The van der Waals surface area contributed by atoms with E-state index in [1.54, 1.807) is 6.20 Å². The number of aryl methyl sites for hydroxylation is 3. The van der Waals surface area contributed by atoms with Crippen LogP contribution in [0, 0.1) is 39.8 Å². The van der Waals surface area contributed by atoms with Crippen LogP contribution in [0.2, 0.25) is 0 Å². The minimum absolute atomic E-state index is 0. The fourth-order valence-electron chi connectivity index (χ4n) is 5.06. The SMILES string of the molecule is Cc1nn(-c2[c-]c(Oc3[c-]c(Oc4cc(C(C)(C)C)ccn4)c4nc(C)c(C)n4c3)ccc2)c(C)c1-c1ccccc1.[Pt+2]. The van der Waals surface area contributed by atoms with Crippen molar-refractivity contribution in [1.82, 2.24) is 24.1 Å². The van der Waals surface area contributed by atoms with Crippen LogP contribution in [-0.4, -0.2) is 24.1 Å². The first-order valence-corrected chi connectivity index (χ1v) is 14.0. The maximum absolute atomic E-state index is 6.33. The molecular weight excluding hydrogens is 717 g/mol. The van der Waals surface area contributed by atoms with Crippen LogP contribution in [0.3, 0.4) is 0 Å². The summed E-state index contributed by atoms with van der Waals surface area (Å²) in [5.74, 6) is 1.91. The van der Waals surface area contributed by atoms with Crippen LogP contribution >= 0.6 is 0 Å². The zero-order valence-corrected chi connectivity index (χ0v) is 27.6. The second-order valence-electron chi connectivity index (χ2n) is 11.5. The van der Waals surface area contributed by atoms with Gasteiger partial charge in [0.1, 0.15) is 0 Å². The molecule has 8 heteroatoms. The van der Waals surface area contributed by atoms with Gasteiger partial charge in [-0.2, -0.15) is 11.2 Å². The Morgan fingerprint density at radius 2 is 1.56 bits per heavy atom. The number of rotatable bonds is 6. The van der Waals surface area contributed by atoms with E-state index in [0.29, 0.717) is 28.8 Å². The fourth-order valence-corrected chi connectivity index (χ4v) is 5.06. The molecular formula is C35H33N5O2Pt. The topological polar surface area (TPSA) is 66.5 Å². The Labute approximate surface area is 266 Å². The Hall–Kier alpha value is -4.22. The first-order valence-electron chi connectivity index (χ1n) is 14.0. The number of imidazole rings is 1. The summed E-state index contributed by atoms with van der Waals surface area (Å²) in [6.07, 6.45) is 3.63. The monoisotopic (exact) mass is 750 g/mol. The van der Waals surface area contributed by atoms with E-state index in [-0.39, 0.29) is 26.5 Å². The van der Waals surface area contributed by atoms with Crippen molar-refractivity contribution in [2.75, 3.05) is 0 Å². The van der Waals surface area contributed by atoms with Gasteiger partial charge in [0, 0.05) is 46.4 Å². The Kier molecular flexibility index (Phi) is 8.31. The molecule has 0 amide bonds. The molecule has 0 aliphatic heterocycles. The van der Waals surface area contributed by atoms with E-state index in [1.165, 1.54) is 0 Å². The second-order valence-corrected chi connectivity index (χ2v) is 11.5. The number of hydrogen-bond acceptors (Lipinski definition) is 5. The maximum Gasteiger partial charge on any atom is 2.00 e. The molecule has 0 saturated carbocycles. The average Bonchev–Trinajstić information content (AvgIpc) is 3.43. The van der Waals surface area contributed by atoms with Crippen LogP contribution in [0.1, 0.15) is 49.1 Å². The number of fused-ring (bicyclic) bond motifs is 1. The molecule has 0 bridgehead atoms. The molecule has 6 rings (SSSR count). The van der Waals surface area contributed by atoms with E-state index in [2.05, 4.69) is 56.9 Å². The van der Waals surface area contributed by atoms with Crippen molar-refractivity contribution < 1.29 is 30.5 Å². The summed E-state index contributed by atoms with van der Waals surface area (Å²) in [5, 5.41) is 4.83. The molecule has 0 radical (unpaired) electrons. The molecule has 0 spiro atoms. The second kappa shape index (κ2) is 11.8. The number of benzene rings is 2. The maximum atomic E-state index is 6.33. The summed E-state index contributed by atoms with van der Waals surface area (Å²) in [5.41, 5.74) is 8.63. The third-order valence-corrected chi connectivity index (χ3v) is 7.44. The van der Waals surface area contributed by atoms with Gasteiger partial charge in [-0.1, -0.05) is 63.4 Å². The third-order valence-electron chi connectivity index (χ3n) is 7.44. The number of ether oxygens (including phenoxy) is 2. The van der Waals surface area contributed by atoms with E-state index in [9.17, 15) is 0 Å². The van der Waals surface area contributed by atoms with Gasteiger partial charge in [0.2, 0.25) is 5.88 Å². The summed E-state index contributed by atoms with van der Waals surface area (Å²) in [6.45, 7) is 14.6. The van der Waals surface area contributed by atoms with Gasteiger partial charge in [-0.3, -0.25) is 9.67 Å². The van der Waals surface area contributed by atoms with Crippen molar-refractivity contribution >= 4 is 5.65 Å². The molecule has 4 aromatic heterocycles. The van der Waals surface area contributed by atoms with E-state index in [1.807, 2.05) is 84.6 Å². The molecule has 6 aromatic rings. The standard InChI is InChI=1S/C35H33N5O2.Pt/c1-22-24(3)39-21-30(20-31(34(39)37-22)42-32-18-27(16-17-36-32)35(5,6)7)41-29-15-11-14-28(19-29)40-25(4)33(23(2)38-40)26-12-9-8-10-13-26;/h8-18,21H,1-7H3;/q-2;+2. The Morgan fingerprint density at radius 3 is 2.30 bits per heavy atom. The van der Waals surface area contributed by atoms with Gasteiger partial charge in [-0.25, -0.2) is 4.98 Å².